The first kappa shape index (κ1) is 10.9. The van der Waals surface area contributed by atoms with Crippen molar-refractivity contribution in [2.45, 2.75) is 18.8 Å². The number of para-hydroxylation sites is 2. The molecule has 0 radical (unpaired) electrons. The quantitative estimate of drug-likeness (QED) is 0.716. The Balaban J connectivity index is 1.82. The number of hydrogen-bond acceptors (Lipinski definition) is 2. The fraction of sp³-hybridized carbons (Fsp3) is 0.294. The van der Waals surface area contributed by atoms with Crippen molar-refractivity contribution in [3.05, 3.63) is 59.2 Å². The molecule has 0 N–H and O–H groups in total. The number of hydrogen-bond donors (Lipinski definition) is 0. The van der Waals surface area contributed by atoms with Gasteiger partial charge in [0.05, 0.1) is 5.41 Å². The summed E-state index contributed by atoms with van der Waals surface area (Å²) in [6.45, 7) is 3.54. The Labute approximate surface area is 113 Å². The van der Waals surface area contributed by atoms with Gasteiger partial charge in [-0.25, -0.2) is 0 Å². The first-order valence-electron chi connectivity index (χ1n) is 6.72. The molecule has 1 unspecified atom stereocenters. The fourth-order valence-electron chi connectivity index (χ4n) is 3.24. The highest BCUT2D eigenvalue weighted by Gasteiger charge is 2.44. The number of rotatable bonds is 0. The maximum absolute atomic E-state index is 5.98. The fourth-order valence-corrected chi connectivity index (χ4v) is 3.24. The molecule has 2 aromatic rings. The molecule has 2 aliphatic rings. The Bertz CT molecular complexity index is 647. The van der Waals surface area contributed by atoms with Crippen LogP contribution in [0.25, 0.3) is 0 Å². The van der Waals surface area contributed by atoms with Crippen molar-refractivity contribution >= 4 is 0 Å². The van der Waals surface area contributed by atoms with Gasteiger partial charge in [0, 0.05) is 5.56 Å². The Morgan fingerprint density at radius 1 is 0.947 bits per heavy atom. The van der Waals surface area contributed by atoms with Crippen molar-refractivity contribution in [3.8, 4) is 11.5 Å². The minimum absolute atomic E-state index is 0.00426. The van der Waals surface area contributed by atoms with Crippen LogP contribution in [0.5, 0.6) is 11.5 Å². The van der Waals surface area contributed by atoms with Crippen LogP contribution in [-0.4, -0.2) is 13.2 Å². The normalized spacial score (nSPS) is 23.4. The van der Waals surface area contributed by atoms with E-state index in [4.69, 9.17) is 9.47 Å². The Morgan fingerprint density at radius 3 is 2.74 bits per heavy atom. The number of aryl methyl sites for hydroxylation is 1. The van der Waals surface area contributed by atoms with Crippen molar-refractivity contribution < 1.29 is 9.47 Å². The van der Waals surface area contributed by atoms with E-state index in [9.17, 15) is 0 Å². The summed E-state index contributed by atoms with van der Waals surface area (Å²) in [6, 6.07) is 14.7. The van der Waals surface area contributed by atoms with Gasteiger partial charge in [-0.15, -0.1) is 0 Å². The molecule has 2 heterocycles. The maximum Gasteiger partial charge on any atom is 0.126 e. The van der Waals surface area contributed by atoms with E-state index in [2.05, 4.69) is 43.3 Å². The molecule has 96 valence electrons. The van der Waals surface area contributed by atoms with Crippen molar-refractivity contribution in [1.29, 1.82) is 0 Å². The van der Waals surface area contributed by atoms with Gasteiger partial charge in [-0.1, -0.05) is 36.4 Å². The van der Waals surface area contributed by atoms with E-state index >= 15 is 0 Å². The average Bonchev–Trinajstić information content (AvgIpc) is 2.79. The summed E-state index contributed by atoms with van der Waals surface area (Å²) in [5.41, 5.74) is 3.80. The molecule has 2 aromatic carbocycles. The monoisotopic (exact) mass is 252 g/mol. The molecule has 19 heavy (non-hydrogen) atoms. The molecule has 0 saturated carbocycles. The second-order valence-electron chi connectivity index (χ2n) is 5.59. The van der Waals surface area contributed by atoms with Crippen molar-refractivity contribution in [2.75, 3.05) is 13.2 Å². The third-order valence-electron chi connectivity index (χ3n) is 4.28. The summed E-state index contributed by atoms with van der Waals surface area (Å²) in [5, 5.41) is 0. The van der Waals surface area contributed by atoms with Crippen molar-refractivity contribution in [1.82, 2.24) is 0 Å². The zero-order valence-electron chi connectivity index (χ0n) is 11.0. The van der Waals surface area contributed by atoms with Crippen LogP contribution in [0.3, 0.4) is 0 Å². The highest BCUT2D eigenvalue weighted by Crippen LogP contribution is 2.46. The molecule has 0 saturated heterocycles. The molecule has 2 aliphatic heterocycles. The van der Waals surface area contributed by atoms with Gasteiger partial charge >= 0.3 is 0 Å². The lowest BCUT2D eigenvalue weighted by atomic mass is 9.76. The van der Waals surface area contributed by atoms with Crippen molar-refractivity contribution in [2.24, 2.45) is 0 Å². The smallest absolute Gasteiger partial charge is 0.126 e. The topological polar surface area (TPSA) is 18.5 Å². The minimum atomic E-state index is -0.00426. The van der Waals surface area contributed by atoms with Gasteiger partial charge < -0.3 is 9.47 Å². The van der Waals surface area contributed by atoms with E-state index in [-0.39, 0.29) is 5.41 Å². The highest BCUT2D eigenvalue weighted by atomic mass is 16.5. The van der Waals surface area contributed by atoms with Crippen LogP contribution < -0.4 is 9.47 Å². The van der Waals surface area contributed by atoms with Gasteiger partial charge in [0.25, 0.3) is 0 Å². The number of benzene rings is 2. The molecule has 0 bridgehead atoms. The molecule has 0 aliphatic carbocycles. The third kappa shape index (κ3) is 1.49. The first-order valence-corrected chi connectivity index (χ1v) is 6.72. The molecule has 0 fully saturated rings. The van der Waals surface area contributed by atoms with Gasteiger partial charge in [-0.3, -0.25) is 0 Å². The molecule has 4 rings (SSSR count). The van der Waals surface area contributed by atoms with E-state index in [0.717, 1.165) is 24.5 Å². The van der Waals surface area contributed by atoms with E-state index in [1.54, 1.807) is 0 Å². The second kappa shape index (κ2) is 3.77. The maximum atomic E-state index is 5.98. The standard InChI is InChI=1S/C17H16O2/c1-12-5-4-7-14-16(12)19-11-17(14)9-13-6-2-3-8-15(13)18-10-17/h2-8H,9-11H2,1H3. The van der Waals surface area contributed by atoms with Crippen LogP contribution in [0.4, 0.5) is 0 Å². The lowest BCUT2D eigenvalue weighted by molar-refractivity contribution is 0.153. The molecule has 1 spiro atoms. The Morgan fingerprint density at radius 2 is 1.79 bits per heavy atom. The van der Waals surface area contributed by atoms with Crippen LogP contribution in [0.2, 0.25) is 0 Å². The summed E-state index contributed by atoms with van der Waals surface area (Å²) in [5.74, 6) is 2.08. The molecule has 0 amide bonds. The van der Waals surface area contributed by atoms with Gasteiger partial charge in [-0.05, 0) is 30.5 Å². The molecule has 1 atom stereocenters. The minimum Gasteiger partial charge on any atom is -0.492 e. The lowest BCUT2D eigenvalue weighted by Crippen LogP contribution is -2.40. The van der Waals surface area contributed by atoms with Crippen LogP contribution in [0.1, 0.15) is 16.7 Å². The van der Waals surface area contributed by atoms with Gasteiger partial charge in [-0.2, -0.15) is 0 Å². The summed E-state index contributed by atoms with van der Waals surface area (Å²) < 4.78 is 11.9. The first-order chi connectivity index (χ1) is 9.28. The van der Waals surface area contributed by atoms with E-state index in [0.29, 0.717) is 6.61 Å². The molecule has 0 aromatic heterocycles. The van der Waals surface area contributed by atoms with Gasteiger partial charge in [0.15, 0.2) is 0 Å². The second-order valence-corrected chi connectivity index (χ2v) is 5.59. The summed E-state index contributed by atoms with van der Waals surface area (Å²) in [6.07, 6.45) is 1.000. The van der Waals surface area contributed by atoms with Crippen molar-refractivity contribution in [3.63, 3.8) is 0 Å². The summed E-state index contributed by atoms with van der Waals surface area (Å²) >= 11 is 0. The number of fused-ring (bicyclic) bond motifs is 3. The van der Waals surface area contributed by atoms with Gasteiger partial charge in [0.2, 0.25) is 0 Å². The molecular weight excluding hydrogens is 236 g/mol. The zero-order chi connectivity index (χ0) is 12.9. The van der Waals surface area contributed by atoms with E-state index in [1.807, 2.05) is 6.07 Å². The molecule has 2 heteroatoms. The number of ether oxygens (including phenoxy) is 2. The zero-order valence-corrected chi connectivity index (χ0v) is 11.0. The van der Waals surface area contributed by atoms with E-state index < -0.39 is 0 Å². The van der Waals surface area contributed by atoms with Gasteiger partial charge in [0.1, 0.15) is 24.7 Å². The summed E-state index contributed by atoms with van der Waals surface area (Å²) in [7, 11) is 0. The third-order valence-corrected chi connectivity index (χ3v) is 4.28. The predicted molar refractivity (Wildman–Crippen MR) is 74.0 cm³/mol. The van der Waals surface area contributed by atoms with Crippen LogP contribution in [0, 0.1) is 6.92 Å². The summed E-state index contributed by atoms with van der Waals surface area (Å²) in [4.78, 5) is 0. The highest BCUT2D eigenvalue weighted by molar-refractivity contribution is 5.51. The SMILES string of the molecule is Cc1cccc2c1OCC21COc2ccccc2C1. The lowest BCUT2D eigenvalue weighted by Gasteiger charge is -2.33. The largest absolute Gasteiger partial charge is 0.492 e. The Hall–Kier alpha value is -1.96. The molecule has 2 nitrogen and oxygen atoms in total. The van der Waals surface area contributed by atoms with E-state index in [1.165, 1.54) is 16.7 Å². The predicted octanol–water partition coefficient (Wildman–Crippen LogP) is 3.26. The van der Waals surface area contributed by atoms with Crippen LogP contribution in [-0.2, 0) is 11.8 Å². The molecular formula is C17H16O2. The van der Waals surface area contributed by atoms with Crippen LogP contribution >= 0.6 is 0 Å². The average molecular weight is 252 g/mol. The van der Waals surface area contributed by atoms with Crippen LogP contribution in [0.15, 0.2) is 42.5 Å². The Kier molecular flexibility index (Phi) is 2.16.